The second kappa shape index (κ2) is 4.48. The second-order valence-electron chi connectivity index (χ2n) is 4.78. The van der Waals surface area contributed by atoms with Crippen LogP contribution >= 0.6 is 15.9 Å². The highest BCUT2D eigenvalue weighted by Gasteiger charge is 2.39. The molecule has 0 spiro atoms. The first-order chi connectivity index (χ1) is 8.22. The molecule has 100 valence electrons. The fourth-order valence-electron chi connectivity index (χ4n) is 1.97. The van der Waals surface area contributed by atoms with Gasteiger partial charge in [0.05, 0.1) is 10.5 Å². The monoisotopic (exact) mass is 334 g/mol. The summed E-state index contributed by atoms with van der Waals surface area (Å²) >= 11 is 3.22. The molecule has 1 fully saturated rings. The highest BCUT2D eigenvalue weighted by Crippen LogP contribution is 2.31. The largest absolute Gasteiger partial charge is 0.399 e. The molecule has 0 bridgehead atoms. The van der Waals surface area contributed by atoms with Crippen molar-refractivity contribution in [2.75, 3.05) is 18.8 Å². The molecule has 5 nitrogen and oxygen atoms in total. The molecule has 1 atom stereocenters. The summed E-state index contributed by atoms with van der Waals surface area (Å²) in [6.07, 6.45) is 0.437. The van der Waals surface area contributed by atoms with Gasteiger partial charge in [0.15, 0.2) is 0 Å². The lowest BCUT2D eigenvalue weighted by molar-refractivity contribution is 0.0762. The Morgan fingerprint density at radius 1 is 1.50 bits per heavy atom. The molecule has 0 aliphatic carbocycles. The molecule has 0 amide bonds. The van der Waals surface area contributed by atoms with Crippen molar-refractivity contribution in [2.45, 2.75) is 23.8 Å². The minimum absolute atomic E-state index is 0.108. The van der Waals surface area contributed by atoms with Crippen molar-refractivity contribution in [1.82, 2.24) is 4.31 Å². The van der Waals surface area contributed by atoms with Gasteiger partial charge < -0.3 is 10.8 Å². The van der Waals surface area contributed by atoms with Gasteiger partial charge in [0.1, 0.15) is 0 Å². The van der Waals surface area contributed by atoms with E-state index in [9.17, 15) is 13.5 Å². The number of rotatable bonds is 2. The predicted molar refractivity (Wildman–Crippen MR) is 72.6 cm³/mol. The highest BCUT2D eigenvalue weighted by molar-refractivity contribution is 9.10. The summed E-state index contributed by atoms with van der Waals surface area (Å²) in [4.78, 5) is 0.139. The molecule has 1 saturated heterocycles. The van der Waals surface area contributed by atoms with E-state index in [2.05, 4.69) is 15.9 Å². The molecule has 0 radical (unpaired) electrons. The van der Waals surface area contributed by atoms with Crippen LogP contribution in [0.25, 0.3) is 0 Å². The zero-order chi connectivity index (χ0) is 13.6. The van der Waals surface area contributed by atoms with E-state index in [0.717, 1.165) is 0 Å². The summed E-state index contributed by atoms with van der Waals surface area (Å²) < 4.78 is 26.6. The Labute approximate surface area is 115 Å². The van der Waals surface area contributed by atoms with Crippen LogP contribution in [0.5, 0.6) is 0 Å². The zero-order valence-electron chi connectivity index (χ0n) is 9.93. The molecule has 1 heterocycles. The number of sulfonamides is 1. The van der Waals surface area contributed by atoms with Gasteiger partial charge in [-0.15, -0.1) is 0 Å². The molecule has 1 aliphatic heterocycles. The molecular formula is C11H15BrN2O3S. The highest BCUT2D eigenvalue weighted by atomic mass is 79.9. The Bertz CT molecular complexity index is 572. The molecule has 1 aromatic rings. The number of hydrogen-bond acceptors (Lipinski definition) is 4. The number of hydrogen-bond donors (Lipinski definition) is 2. The van der Waals surface area contributed by atoms with Crippen LogP contribution in [-0.2, 0) is 10.0 Å². The number of halogens is 1. The number of nitrogen functional groups attached to an aromatic ring is 1. The van der Waals surface area contributed by atoms with E-state index in [1.54, 1.807) is 19.1 Å². The van der Waals surface area contributed by atoms with Crippen LogP contribution in [-0.4, -0.2) is 36.5 Å². The van der Waals surface area contributed by atoms with E-state index in [-0.39, 0.29) is 11.4 Å². The summed E-state index contributed by atoms with van der Waals surface area (Å²) in [7, 11) is -3.62. The minimum atomic E-state index is -3.62. The normalized spacial score (nSPS) is 25.5. The van der Waals surface area contributed by atoms with Crippen LogP contribution in [0, 0.1) is 0 Å². The smallest absolute Gasteiger partial charge is 0.244 e. The van der Waals surface area contributed by atoms with Gasteiger partial charge in [-0.2, -0.15) is 4.31 Å². The number of nitrogens with zero attached hydrogens (tertiary/aromatic N) is 1. The van der Waals surface area contributed by atoms with Gasteiger partial charge in [0, 0.05) is 23.2 Å². The molecule has 18 heavy (non-hydrogen) atoms. The van der Waals surface area contributed by atoms with Crippen LogP contribution in [0.3, 0.4) is 0 Å². The third-order valence-corrected chi connectivity index (χ3v) is 5.83. The van der Waals surface area contributed by atoms with Crippen molar-refractivity contribution in [3.8, 4) is 0 Å². The zero-order valence-corrected chi connectivity index (χ0v) is 12.3. The molecule has 3 N–H and O–H groups in total. The van der Waals surface area contributed by atoms with Gasteiger partial charge in [0.2, 0.25) is 10.0 Å². The third-order valence-electron chi connectivity index (χ3n) is 2.99. The van der Waals surface area contributed by atoms with E-state index in [1.807, 2.05) is 0 Å². The van der Waals surface area contributed by atoms with Crippen molar-refractivity contribution in [3.05, 3.63) is 22.7 Å². The van der Waals surface area contributed by atoms with Gasteiger partial charge in [-0.25, -0.2) is 8.42 Å². The van der Waals surface area contributed by atoms with Crippen LogP contribution in [0.1, 0.15) is 13.3 Å². The van der Waals surface area contributed by atoms with E-state index in [1.165, 1.54) is 10.4 Å². The van der Waals surface area contributed by atoms with Crippen molar-refractivity contribution in [2.24, 2.45) is 0 Å². The Morgan fingerprint density at radius 3 is 2.72 bits per heavy atom. The first-order valence-electron chi connectivity index (χ1n) is 5.50. The first kappa shape index (κ1) is 13.8. The van der Waals surface area contributed by atoms with Gasteiger partial charge in [-0.1, -0.05) is 0 Å². The van der Waals surface area contributed by atoms with Gasteiger partial charge >= 0.3 is 0 Å². The maximum atomic E-state index is 12.4. The number of β-amino-alcohol motifs (C(OH)–C–C–N with tert-alkyl or cyclic N) is 1. The average Bonchev–Trinajstić information content (AvgIpc) is 2.63. The molecule has 0 saturated carbocycles. The van der Waals surface area contributed by atoms with Crippen LogP contribution < -0.4 is 5.73 Å². The van der Waals surface area contributed by atoms with E-state index >= 15 is 0 Å². The quantitative estimate of drug-likeness (QED) is 0.795. The summed E-state index contributed by atoms with van der Waals surface area (Å²) in [5.41, 5.74) is 5.06. The summed E-state index contributed by atoms with van der Waals surface area (Å²) in [6.45, 7) is 2.06. The molecule has 1 unspecified atom stereocenters. The molecule has 1 aromatic carbocycles. The summed E-state index contributed by atoms with van der Waals surface area (Å²) in [5.74, 6) is 0. The Hall–Kier alpha value is -0.630. The summed E-state index contributed by atoms with van der Waals surface area (Å²) in [6, 6.07) is 4.66. The lowest BCUT2D eigenvalue weighted by Crippen LogP contribution is -2.34. The SMILES string of the molecule is CC1(O)CCN(S(=O)(=O)c2cc(N)ccc2Br)C1. The second-order valence-corrected chi connectivity index (χ2v) is 7.54. The van der Waals surface area contributed by atoms with Crippen molar-refractivity contribution in [3.63, 3.8) is 0 Å². The molecule has 0 aromatic heterocycles. The van der Waals surface area contributed by atoms with Crippen LogP contribution in [0.4, 0.5) is 5.69 Å². The number of aliphatic hydroxyl groups is 1. The third kappa shape index (κ3) is 2.54. The lowest BCUT2D eigenvalue weighted by Gasteiger charge is -2.19. The van der Waals surface area contributed by atoms with Gasteiger partial charge in [-0.05, 0) is 47.5 Å². The maximum Gasteiger partial charge on any atom is 0.244 e. The van der Waals surface area contributed by atoms with Crippen LogP contribution in [0.15, 0.2) is 27.6 Å². The van der Waals surface area contributed by atoms with Gasteiger partial charge in [-0.3, -0.25) is 0 Å². The van der Waals surface area contributed by atoms with Gasteiger partial charge in [0.25, 0.3) is 0 Å². The minimum Gasteiger partial charge on any atom is -0.399 e. The lowest BCUT2D eigenvalue weighted by atomic mass is 10.1. The Balaban J connectivity index is 2.40. The fraction of sp³-hybridized carbons (Fsp3) is 0.455. The molecule has 2 rings (SSSR count). The van der Waals surface area contributed by atoms with E-state index < -0.39 is 15.6 Å². The molecular weight excluding hydrogens is 320 g/mol. The number of nitrogens with two attached hydrogens (primary N) is 1. The number of benzene rings is 1. The molecule has 7 heteroatoms. The number of anilines is 1. The topological polar surface area (TPSA) is 83.6 Å². The standard InChI is InChI=1S/C11H15BrN2O3S/c1-11(15)4-5-14(7-11)18(16,17)10-6-8(13)2-3-9(10)12/h2-3,6,15H,4-5,7,13H2,1H3. The van der Waals surface area contributed by atoms with Crippen molar-refractivity contribution in [1.29, 1.82) is 0 Å². The van der Waals surface area contributed by atoms with E-state index in [4.69, 9.17) is 5.73 Å². The molecule has 1 aliphatic rings. The first-order valence-corrected chi connectivity index (χ1v) is 7.73. The average molecular weight is 335 g/mol. The van der Waals surface area contributed by atoms with Crippen molar-refractivity contribution < 1.29 is 13.5 Å². The summed E-state index contributed by atoms with van der Waals surface area (Å²) in [5, 5.41) is 9.86. The Morgan fingerprint density at radius 2 is 2.17 bits per heavy atom. The van der Waals surface area contributed by atoms with Crippen LogP contribution in [0.2, 0.25) is 0 Å². The maximum absolute atomic E-state index is 12.4. The Kier molecular flexibility index (Phi) is 3.44. The van der Waals surface area contributed by atoms with Crippen molar-refractivity contribution >= 4 is 31.6 Å². The predicted octanol–water partition coefficient (Wildman–Crippen LogP) is 1.18. The fourth-order valence-corrected chi connectivity index (χ4v) is 4.48. The van der Waals surface area contributed by atoms with E-state index in [0.29, 0.717) is 23.1 Å².